The average molecular weight is 349 g/mol. The predicted octanol–water partition coefficient (Wildman–Crippen LogP) is 3.02. The maximum Gasteiger partial charge on any atom is 0.318 e. The zero-order valence-corrected chi connectivity index (χ0v) is 15.3. The normalized spacial score (nSPS) is 25.2. The molecule has 25 heavy (non-hydrogen) atoms. The first kappa shape index (κ1) is 18.0. The van der Waals surface area contributed by atoms with Crippen LogP contribution in [-0.2, 0) is 0 Å². The van der Waals surface area contributed by atoms with Crippen molar-refractivity contribution >= 4 is 6.03 Å². The molecule has 2 aliphatic rings. The number of likely N-dealkylation sites (tertiary alicyclic amines) is 2. The summed E-state index contributed by atoms with van der Waals surface area (Å²) in [5.74, 6) is 0.642. The Labute approximate surface area is 149 Å². The van der Waals surface area contributed by atoms with Gasteiger partial charge in [-0.3, -0.25) is 0 Å². The lowest BCUT2D eigenvalue weighted by molar-refractivity contribution is 0.0525. The van der Waals surface area contributed by atoms with Gasteiger partial charge in [0.1, 0.15) is 11.6 Å². The Balaban J connectivity index is 1.71. The van der Waals surface area contributed by atoms with Crippen LogP contribution in [0, 0.1) is 11.7 Å². The number of amides is 2. The van der Waals surface area contributed by atoms with Gasteiger partial charge in [0.2, 0.25) is 0 Å². The van der Waals surface area contributed by atoms with Crippen LogP contribution in [-0.4, -0.2) is 55.7 Å². The van der Waals surface area contributed by atoms with Crippen LogP contribution < -0.4 is 10.1 Å². The minimum Gasteiger partial charge on any atom is -0.496 e. The van der Waals surface area contributed by atoms with E-state index < -0.39 is 6.04 Å². The van der Waals surface area contributed by atoms with Gasteiger partial charge in [-0.15, -0.1) is 0 Å². The van der Waals surface area contributed by atoms with E-state index in [0.717, 1.165) is 32.5 Å². The first-order chi connectivity index (χ1) is 12.0. The Hall–Kier alpha value is -1.82. The lowest BCUT2D eigenvalue weighted by Crippen LogP contribution is -2.57. The summed E-state index contributed by atoms with van der Waals surface area (Å²) >= 11 is 0. The third kappa shape index (κ3) is 3.73. The van der Waals surface area contributed by atoms with Crippen molar-refractivity contribution in [1.29, 1.82) is 0 Å². The van der Waals surface area contributed by atoms with Crippen molar-refractivity contribution in [3.63, 3.8) is 0 Å². The number of halogens is 1. The van der Waals surface area contributed by atoms with Crippen LogP contribution in [0.3, 0.4) is 0 Å². The van der Waals surface area contributed by atoms with Crippen molar-refractivity contribution in [3.8, 4) is 5.75 Å². The van der Waals surface area contributed by atoms with Gasteiger partial charge >= 0.3 is 6.03 Å². The number of rotatable bonds is 3. The Bertz CT molecular complexity index is 625. The number of carbonyl (C=O) groups excluding carboxylic acids is 1. The third-order valence-electron chi connectivity index (χ3n) is 5.54. The summed E-state index contributed by atoms with van der Waals surface area (Å²) < 4.78 is 19.5. The predicted molar refractivity (Wildman–Crippen MR) is 95.2 cm³/mol. The van der Waals surface area contributed by atoms with Crippen LogP contribution in [0.5, 0.6) is 5.75 Å². The maximum absolute atomic E-state index is 14.2. The summed E-state index contributed by atoms with van der Waals surface area (Å²) in [6.45, 7) is 4.64. The molecule has 0 spiro atoms. The van der Waals surface area contributed by atoms with Gasteiger partial charge in [-0.05, 0) is 57.8 Å². The van der Waals surface area contributed by atoms with Gasteiger partial charge in [-0.1, -0.05) is 6.07 Å². The minimum atomic E-state index is -0.449. The number of hydrogen-bond acceptors (Lipinski definition) is 3. The van der Waals surface area contributed by atoms with Gasteiger partial charge in [0.15, 0.2) is 0 Å². The number of fused-ring (bicyclic) bond motifs is 1. The van der Waals surface area contributed by atoms with Crippen LogP contribution in [0.25, 0.3) is 0 Å². The molecule has 1 aromatic carbocycles. The number of methoxy groups -OCH3 is 1. The Kier molecular flexibility index (Phi) is 5.47. The van der Waals surface area contributed by atoms with Crippen molar-refractivity contribution in [2.45, 2.75) is 38.3 Å². The summed E-state index contributed by atoms with van der Waals surface area (Å²) in [6.07, 6.45) is 3.21. The van der Waals surface area contributed by atoms with Crippen molar-refractivity contribution in [2.75, 3.05) is 33.8 Å². The molecule has 3 unspecified atom stereocenters. The minimum absolute atomic E-state index is 0.0999. The second-order valence-electron chi connectivity index (χ2n) is 7.24. The lowest BCUT2D eigenvalue weighted by Gasteiger charge is -2.46. The second kappa shape index (κ2) is 7.60. The number of carbonyl (C=O) groups is 1. The van der Waals surface area contributed by atoms with Crippen LogP contribution in [0.2, 0.25) is 0 Å². The number of nitrogens with zero attached hydrogens (tertiary/aromatic N) is 2. The molecule has 2 heterocycles. The highest BCUT2D eigenvalue weighted by Gasteiger charge is 2.37. The van der Waals surface area contributed by atoms with E-state index >= 15 is 0 Å². The molecule has 2 saturated heterocycles. The summed E-state index contributed by atoms with van der Waals surface area (Å²) in [4.78, 5) is 17.2. The molecular formula is C19H28FN3O2. The fourth-order valence-electron chi connectivity index (χ4n) is 4.29. The van der Waals surface area contributed by atoms with E-state index in [9.17, 15) is 9.18 Å². The molecule has 0 bridgehead atoms. The number of piperidine rings is 2. The fourth-order valence-corrected chi connectivity index (χ4v) is 4.29. The van der Waals surface area contributed by atoms with Gasteiger partial charge in [-0.2, -0.15) is 0 Å². The van der Waals surface area contributed by atoms with E-state index in [1.165, 1.54) is 19.6 Å². The maximum atomic E-state index is 14.2. The first-order valence-electron chi connectivity index (χ1n) is 9.09. The molecule has 2 amide bonds. The summed E-state index contributed by atoms with van der Waals surface area (Å²) in [5, 5.41) is 2.98. The monoisotopic (exact) mass is 349 g/mol. The molecule has 1 aromatic rings. The fraction of sp³-hybridized carbons (Fsp3) is 0.632. The molecule has 138 valence electrons. The van der Waals surface area contributed by atoms with Crippen LogP contribution in [0.15, 0.2) is 18.2 Å². The zero-order chi connectivity index (χ0) is 18.0. The third-order valence-corrected chi connectivity index (χ3v) is 5.54. The Morgan fingerprint density at radius 2 is 2.16 bits per heavy atom. The molecule has 6 heteroatoms. The van der Waals surface area contributed by atoms with Gasteiger partial charge < -0.3 is 19.9 Å². The van der Waals surface area contributed by atoms with Gasteiger partial charge in [-0.25, -0.2) is 9.18 Å². The highest BCUT2D eigenvalue weighted by Crippen LogP contribution is 2.31. The lowest BCUT2D eigenvalue weighted by atomic mass is 9.84. The smallest absolute Gasteiger partial charge is 0.318 e. The molecule has 2 fully saturated rings. The van der Waals surface area contributed by atoms with Crippen molar-refractivity contribution in [3.05, 3.63) is 29.6 Å². The molecular weight excluding hydrogens is 321 g/mol. The van der Waals surface area contributed by atoms with E-state index in [4.69, 9.17) is 4.74 Å². The molecule has 2 aliphatic heterocycles. The van der Waals surface area contributed by atoms with Crippen molar-refractivity contribution in [1.82, 2.24) is 15.1 Å². The summed E-state index contributed by atoms with van der Waals surface area (Å²) in [6, 6.07) is 4.47. The van der Waals surface area contributed by atoms with Gasteiger partial charge in [0.05, 0.1) is 18.7 Å². The molecule has 3 rings (SSSR count). The van der Waals surface area contributed by atoms with Crippen LogP contribution >= 0.6 is 0 Å². The quantitative estimate of drug-likeness (QED) is 0.912. The van der Waals surface area contributed by atoms with E-state index in [0.29, 0.717) is 23.3 Å². The van der Waals surface area contributed by atoms with Crippen molar-refractivity contribution < 1.29 is 13.9 Å². The number of hydrogen-bond donors (Lipinski definition) is 1. The van der Waals surface area contributed by atoms with Crippen molar-refractivity contribution in [2.24, 2.45) is 5.92 Å². The van der Waals surface area contributed by atoms with Gasteiger partial charge in [0, 0.05) is 19.1 Å². The largest absolute Gasteiger partial charge is 0.496 e. The van der Waals surface area contributed by atoms with Gasteiger partial charge in [0.25, 0.3) is 0 Å². The molecule has 0 saturated carbocycles. The highest BCUT2D eigenvalue weighted by atomic mass is 19.1. The second-order valence-corrected chi connectivity index (χ2v) is 7.24. The molecule has 5 nitrogen and oxygen atoms in total. The van der Waals surface area contributed by atoms with E-state index in [1.54, 1.807) is 19.1 Å². The summed E-state index contributed by atoms with van der Waals surface area (Å²) in [7, 11) is 3.66. The number of urea groups is 1. The Morgan fingerprint density at radius 1 is 1.36 bits per heavy atom. The first-order valence-corrected chi connectivity index (χ1v) is 9.09. The van der Waals surface area contributed by atoms with E-state index in [1.807, 2.05) is 4.90 Å². The molecule has 0 radical (unpaired) electrons. The number of nitrogens with one attached hydrogen (secondary N) is 1. The zero-order valence-electron chi connectivity index (χ0n) is 15.3. The summed E-state index contributed by atoms with van der Waals surface area (Å²) in [5.41, 5.74) is 0.398. The molecule has 1 N–H and O–H groups in total. The molecule has 0 aromatic heterocycles. The SMILES string of the molecule is COc1cccc(F)c1C(C)NC(=O)N1CCCC2CN(C)CCC21. The standard InChI is InChI=1S/C19H28FN3O2/c1-13(18-15(20)7-4-8-17(18)25-3)21-19(24)23-10-5-6-14-12-22(2)11-9-16(14)23/h4,7-8,13-14,16H,5-6,9-12H2,1-3H3,(H,21,24). The number of ether oxygens (including phenoxy) is 1. The average Bonchev–Trinajstić information content (AvgIpc) is 2.60. The van der Waals surface area contributed by atoms with Crippen LogP contribution in [0.4, 0.5) is 9.18 Å². The Morgan fingerprint density at radius 3 is 2.92 bits per heavy atom. The number of benzene rings is 1. The van der Waals surface area contributed by atoms with E-state index in [2.05, 4.69) is 17.3 Å². The molecule has 3 atom stereocenters. The topological polar surface area (TPSA) is 44.8 Å². The van der Waals surface area contributed by atoms with Crippen LogP contribution in [0.1, 0.15) is 37.8 Å². The highest BCUT2D eigenvalue weighted by molar-refractivity contribution is 5.75. The molecule has 0 aliphatic carbocycles. The van der Waals surface area contributed by atoms with E-state index in [-0.39, 0.29) is 11.8 Å².